The van der Waals surface area contributed by atoms with Crippen molar-refractivity contribution in [1.29, 1.82) is 0 Å². The zero-order chi connectivity index (χ0) is 19.5. The van der Waals surface area contributed by atoms with Gasteiger partial charge in [-0.2, -0.15) is 0 Å². The molecule has 0 aliphatic carbocycles. The number of aromatic nitrogens is 2. The molecule has 11 heteroatoms. The first-order valence-corrected chi connectivity index (χ1v) is 8.06. The van der Waals surface area contributed by atoms with Gasteiger partial charge in [0.25, 0.3) is 0 Å². The van der Waals surface area contributed by atoms with Gasteiger partial charge in [0.05, 0.1) is 6.54 Å². The van der Waals surface area contributed by atoms with Crippen LogP contribution in [-0.4, -0.2) is 68.9 Å². The van der Waals surface area contributed by atoms with Crippen molar-refractivity contribution in [2.75, 3.05) is 25.0 Å². The third-order valence-corrected chi connectivity index (χ3v) is 3.64. The molecule has 1 aromatic heterocycles. The highest BCUT2D eigenvalue weighted by Gasteiger charge is 2.47. The third-order valence-electron chi connectivity index (χ3n) is 3.64. The highest BCUT2D eigenvalue weighted by molar-refractivity contribution is 5.90. The van der Waals surface area contributed by atoms with Crippen LogP contribution in [0.15, 0.2) is 4.42 Å². The van der Waals surface area contributed by atoms with Crippen LogP contribution in [0, 0.1) is 6.92 Å². The number of amides is 2. The van der Waals surface area contributed by atoms with E-state index in [1.165, 1.54) is 0 Å². The minimum absolute atomic E-state index is 0.0249. The van der Waals surface area contributed by atoms with Crippen molar-refractivity contribution in [3.05, 3.63) is 5.89 Å². The highest BCUT2D eigenvalue weighted by Crippen LogP contribution is 2.23. The normalized spacial score (nSPS) is 20.6. The molecule has 2 rings (SSSR count). The second-order valence-corrected chi connectivity index (χ2v) is 7.15. The fourth-order valence-corrected chi connectivity index (χ4v) is 2.56. The van der Waals surface area contributed by atoms with Crippen molar-refractivity contribution < 1.29 is 28.6 Å². The number of alkyl carbamates (subject to hydrolysis) is 1. The van der Waals surface area contributed by atoms with E-state index in [-0.39, 0.29) is 25.5 Å². The van der Waals surface area contributed by atoms with Crippen molar-refractivity contribution >= 4 is 24.0 Å². The quantitative estimate of drug-likeness (QED) is 0.669. The molecule has 1 aliphatic heterocycles. The van der Waals surface area contributed by atoms with Gasteiger partial charge >= 0.3 is 18.1 Å². The lowest BCUT2D eigenvalue weighted by Gasteiger charge is -2.28. The highest BCUT2D eigenvalue weighted by atomic mass is 16.6. The molecule has 1 saturated heterocycles. The van der Waals surface area contributed by atoms with Gasteiger partial charge in [0.2, 0.25) is 11.8 Å². The van der Waals surface area contributed by atoms with E-state index in [1.54, 1.807) is 32.6 Å². The van der Waals surface area contributed by atoms with Gasteiger partial charge in [0.1, 0.15) is 5.60 Å². The van der Waals surface area contributed by atoms with Gasteiger partial charge in [-0.15, -0.1) is 5.10 Å². The second kappa shape index (κ2) is 7.28. The van der Waals surface area contributed by atoms with Crippen LogP contribution in [0.2, 0.25) is 0 Å². The molecule has 1 aromatic rings. The average molecular weight is 369 g/mol. The molecule has 144 valence electrons. The van der Waals surface area contributed by atoms with E-state index in [9.17, 15) is 19.5 Å². The van der Waals surface area contributed by atoms with Gasteiger partial charge in [0.15, 0.2) is 5.54 Å². The van der Waals surface area contributed by atoms with Crippen molar-refractivity contribution in [2.45, 2.75) is 45.3 Å². The van der Waals surface area contributed by atoms with E-state index in [1.807, 2.05) is 0 Å². The van der Waals surface area contributed by atoms with E-state index in [4.69, 9.17) is 9.15 Å². The number of carbonyl (C=O) groups excluding carboxylic acids is 2. The number of aryl methyl sites for hydroxylation is 1. The molecule has 0 spiro atoms. The number of nitrogens with one attached hydrogen (secondary N) is 2. The van der Waals surface area contributed by atoms with Gasteiger partial charge in [-0.05, 0) is 27.2 Å². The molecule has 1 fully saturated rings. The Labute approximate surface area is 150 Å². The second-order valence-electron chi connectivity index (χ2n) is 7.15. The zero-order valence-corrected chi connectivity index (χ0v) is 15.2. The van der Waals surface area contributed by atoms with Crippen LogP contribution >= 0.6 is 0 Å². The number of carboxylic acids is 1. The molecular formula is C15H23N5O6. The van der Waals surface area contributed by atoms with Crippen molar-refractivity contribution in [2.24, 2.45) is 0 Å². The molecule has 0 bridgehead atoms. The smallest absolute Gasteiger partial charge is 0.408 e. The minimum atomic E-state index is -1.51. The minimum Gasteiger partial charge on any atom is -0.479 e. The molecule has 0 aromatic carbocycles. The van der Waals surface area contributed by atoms with Gasteiger partial charge in [0, 0.05) is 20.0 Å². The average Bonchev–Trinajstić information content (AvgIpc) is 3.04. The predicted molar refractivity (Wildman–Crippen MR) is 88.5 cm³/mol. The molecular weight excluding hydrogens is 346 g/mol. The molecule has 0 radical (unpaired) electrons. The Hall–Kier alpha value is -2.69. The molecule has 0 saturated carbocycles. The number of aliphatic carboxylic acids is 1. The van der Waals surface area contributed by atoms with Gasteiger partial charge in [-0.3, -0.25) is 15.0 Å². The van der Waals surface area contributed by atoms with Crippen LogP contribution in [0.4, 0.5) is 10.8 Å². The standard InChI is InChI=1S/C15H23N5O6/c1-9-18-19-12(25-9)16-10(21)7-20-6-5-15(8-20,11(22)23)17-13(24)26-14(2,3)4/h5-8H2,1-4H3,(H,17,24)(H,22,23)(H,16,19,21). The molecule has 2 amide bonds. The van der Waals surface area contributed by atoms with Crippen LogP contribution in [0.3, 0.4) is 0 Å². The van der Waals surface area contributed by atoms with Crippen LogP contribution in [0.1, 0.15) is 33.1 Å². The first-order valence-electron chi connectivity index (χ1n) is 8.06. The number of hydrogen-bond donors (Lipinski definition) is 3. The molecule has 26 heavy (non-hydrogen) atoms. The van der Waals surface area contributed by atoms with Gasteiger partial charge < -0.3 is 19.6 Å². The van der Waals surface area contributed by atoms with Crippen LogP contribution in [0.5, 0.6) is 0 Å². The third kappa shape index (κ3) is 5.15. The lowest BCUT2D eigenvalue weighted by molar-refractivity contribution is -0.144. The summed E-state index contributed by atoms with van der Waals surface area (Å²) in [6.45, 7) is 6.86. The summed E-state index contributed by atoms with van der Waals surface area (Å²) in [7, 11) is 0. The number of hydrogen-bond acceptors (Lipinski definition) is 8. The van der Waals surface area contributed by atoms with Crippen LogP contribution in [0.25, 0.3) is 0 Å². The summed E-state index contributed by atoms with van der Waals surface area (Å²) in [4.78, 5) is 37.3. The Morgan fingerprint density at radius 2 is 2.04 bits per heavy atom. The Kier molecular flexibility index (Phi) is 5.50. The molecule has 3 N–H and O–H groups in total. The summed E-state index contributed by atoms with van der Waals surface area (Å²) in [5, 5.41) is 21.7. The molecule has 11 nitrogen and oxygen atoms in total. The van der Waals surface area contributed by atoms with Crippen molar-refractivity contribution in [3.8, 4) is 0 Å². The lowest BCUT2D eigenvalue weighted by Crippen LogP contribution is -2.57. The number of nitrogens with zero attached hydrogens (tertiary/aromatic N) is 3. The van der Waals surface area contributed by atoms with Gasteiger partial charge in [-0.1, -0.05) is 5.10 Å². The largest absolute Gasteiger partial charge is 0.479 e. The lowest BCUT2D eigenvalue weighted by atomic mass is 9.99. The number of rotatable bonds is 5. The monoisotopic (exact) mass is 369 g/mol. The molecule has 1 unspecified atom stereocenters. The van der Waals surface area contributed by atoms with Crippen molar-refractivity contribution in [3.63, 3.8) is 0 Å². The number of likely N-dealkylation sites (tertiary alicyclic amines) is 1. The number of anilines is 1. The zero-order valence-electron chi connectivity index (χ0n) is 15.2. The first-order chi connectivity index (χ1) is 12.0. The molecule has 1 aliphatic rings. The summed E-state index contributed by atoms with van der Waals surface area (Å²) >= 11 is 0. The maximum atomic E-state index is 12.0. The Morgan fingerprint density at radius 3 is 2.58 bits per heavy atom. The van der Waals surface area contributed by atoms with E-state index in [0.717, 1.165) is 0 Å². The summed E-state index contributed by atoms with van der Waals surface area (Å²) in [5.41, 5.74) is -2.26. The van der Waals surface area contributed by atoms with Crippen molar-refractivity contribution in [1.82, 2.24) is 20.4 Å². The topological polar surface area (TPSA) is 147 Å². The summed E-state index contributed by atoms with van der Waals surface area (Å²) in [6.07, 6.45) is -0.665. The molecule has 2 heterocycles. The fourth-order valence-electron chi connectivity index (χ4n) is 2.56. The Morgan fingerprint density at radius 1 is 1.35 bits per heavy atom. The van der Waals surface area contributed by atoms with Gasteiger partial charge in [-0.25, -0.2) is 9.59 Å². The molecule has 1 atom stereocenters. The Bertz CT molecular complexity index is 697. The summed E-state index contributed by atoms with van der Waals surface area (Å²) in [6, 6.07) is -0.0249. The number of carbonyl (C=O) groups is 3. The van der Waals surface area contributed by atoms with Crippen LogP contribution < -0.4 is 10.6 Å². The van der Waals surface area contributed by atoms with E-state index in [2.05, 4.69) is 20.8 Å². The SMILES string of the molecule is Cc1nnc(NC(=O)CN2CCC(NC(=O)OC(C)(C)C)(C(=O)O)C2)o1. The predicted octanol–water partition coefficient (Wildman–Crippen LogP) is 0.370. The van der Waals surface area contributed by atoms with Crippen LogP contribution in [-0.2, 0) is 14.3 Å². The van der Waals surface area contributed by atoms with E-state index >= 15 is 0 Å². The maximum absolute atomic E-state index is 12.0. The number of ether oxygens (including phenoxy) is 1. The first kappa shape index (κ1) is 19.6. The fraction of sp³-hybridized carbons (Fsp3) is 0.667. The summed E-state index contributed by atoms with van der Waals surface area (Å²) < 4.78 is 10.2. The maximum Gasteiger partial charge on any atom is 0.408 e. The van der Waals surface area contributed by atoms with E-state index in [0.29, 0.717) is 12.4 Å². The number of carboxylic acid groups (broad SMARTS) is 1. The van der Waals surface area contributed by atoms with E-state index < -0.39 is 29.1 Å². The summed E-state index contributed by atoms with van der Waals surface area (Å²) in [5.74, 6) is -1.29. The Balaban J connectivity index is 1.94.